The summed E-state index contributed by atoms with van der Waals surface area (Å²) in [5.74, 6) is 0. The quantitative estimate of drug-likeness (QED) is 0.156. The molecule has 117 heavy (non-hydrogen) atoms. The van der Waals surface area contributed by atoms with Gasteiger partial charge in [0.2, 0.25) is 0 Å². The Kier molecular flexibility index (Phi) is 16.4. The lowest BCUT2D eigenvalue weighted by atomic mass is 9.33. The fourth-order valence-electron chi connectivity index (χ4n) is 19.0. The highest BCUT2D eigenvalue weighted by atomic mass is 15.2. The minimum Gasteiger partial charge on any atom is -0.309 e. The monoisotopic (exact) mass is 1520 g/mol. The number of anilines is 6. The standard InChI is InChI=1S/C108H103BN8/c1-102(2,3)66-32-42-87-77(52-66)78-53-67(103(4,5)6)33-43-88(78)112(87)75-38-40-85-93(60-75)116(97-50-64(62-110)48-83-81-56-70(106(13,14)15)36-46-91(81)114(100(83)97)73-28-24-22-25-29-73)95-58-72(108(19,20)21)59-96-99(95)109(85)86-41-39-76(113-89-44-34-68(104(7,8)9)54-79(89)80-55-69(105(10,11)12)35-45-90(80)113)61-94(86)117(96)98-51-65(63-111)49-84-82-57-71(107(16,17)18)37-47-92(82)115(101(84)98)74-30-26-23-27-31-74/h22-61H,1-21H3. The maximum Gasteiger partial charge on any atom is 0.252 e. The zero-order chi connectivity index (χ0) is 82.2. The molecule has 0 spiro atoms. The molecule has 9 heteroatoms. The molecule has 17 aromatic rings. The first-order chi connectivity index (χ1) is 55.3. The molecule has 0 unspecified atom stereocenters. The zero-order valence-electron chi connectivity index (χ0n) is 71.7. The summed E-state index contributed by atoms with van der Waals surface area (Å²) in [7, 11) is 0. The van der Waals surface area contributed by atoms with E-state index in [1.807, 2.05) is 0 Å². The second kappa shape index (κ2) is 25.6. The molecule has 0 aliphatic carbocycles. The van der Waals surface area contributed by atoms with E-state index in [0.717, 1.165) is 145 Å². The van der Waals surface area contributed by atoms with Crippen LogP contribution in [0.15, 0.2) is 243 Å². The summed E-state index contributed by atoms with van der Waals surface area (Å²) in [4.78, 5) is 5.14. The van der Waals surface area contributed by atoms with E-state index in [0.29, 0.717) is 11.1 Å². The topological polar surface area (TPSA) is 73.8 Å². The Labute approximate surface area is 689 Å². The summed E-state index contributed by atoms with van der Waals surface area (Å²) in [5, 5.41) is 32.8. The van der Waals surface area contributed by atoms with Gasteiger partial charge in [0.1, 0.15) is 0 Å². The summed E-state index contributed by atoms with van der Waals surface area (Å²) in [6, 6.07) is 98.0. The fourth-order valence-corrected chi connectivity index (χ4v) is 19.0. The zero-order valence-corrected chi connectivity index (χ0v) is 71.7. The Morgan fingerprint density at radius 1 is 0.231 bits per heavy atom. The molecule has 0 radical (unpaired) electrons. The van der Waals surface area contributed by atoms with E-state index in [9.17, 15) is 10.5 Å². The van der Waals surface area contributed by atoms with Crippen molar-refractivity contribution in [3.8, 4) is 34.9 Å². The smallest absolute Gasteiger partial charge is 0.252 e. The number of hydrogen-bond donors (Lipinski definition) is 0. The number of rotatable bonds is 6. The number of nitriles is 2. The molecule has 2 aliphatic rings. The van der Waals surface area contributed by atoms with Crippen molar-refractivity contribution < 1.29 is 0 Å². The summed E-state index contributed by atoms with van der Waals surface area (Å²) in [6.45, 7) is 48.1. The van der Waals surface area contributed by atoms with Crippen molar-refractivity contribution in [2.45, 2.75) is 183 Å². The highest BCUT2D eigenvalue weighted by Crippen LogP contribution is 2.54. The van der Waals surface area contributed by atoms with Gasteiger partial charge in [-0.05, 0) is 251 Å². The van der Waals surface area contributed by atoms with E-state index < -0.39 is 5.41 Å². The third-order valence-corrected chi connectivity index (χ3v) is 25.6. The molecule has 0 atom stereocenters. The first kappa shape index (κ1) is 74.8. The van der Waals surface area contributed by atoms with Gasteiger partial charge in [-0.25, -0.2) is 0 Å². The molecule has 8 nitrogen and oxygen atoms in total. The Morgan fingerprint density at radius 3 is 0.778 bits per heavy atom. The molecule has 0 saturated carbocycles. The molecule has 4 aromatic heterocycles. The summed E-state index contributed by atoms with van der Waals surface area (Å²) < 4.78 is 9.94. The van der Waals surface area contributed by atoms with Crippen molar-refractivity contribution in [1.29, 1.82) is 10.5 Å². The van der Waals surface area contributed by atoms with Gasteiger partial charge in [0, 0.05) is 88.6 Å². The lowest BCUT2D eigenvalue weighted by Gasteiger charge is -2.45. The lowest BCUT2D eigenvalue weighted by Crippen LogP contribution is -2.61. The molecule has 0 bridgehead atoms. The molecule has 0 N–H and O–H groups in total. The predicted octanol–water partition coefficient (Wildman–Crippen LogP) is 27.0. The first-order valence-corrected chi connectivity index (χ1v) is 41.8. The van der Waals surface area contributed by atoms with Crippen molar-refractivity contribution in [2.75, 3.05) is 9.80 Å². The summed E-state index contributed by atoms with van der Waals surface area (Å²) >= 11 is 0. The number of nitrogens with zero attached hydrogens (tertiary/aromatic N) is 8. The van der Waals surface area contributed by atoms with Gasteiger partial charge < -0.3 is 28.1 Å². The Balaban J connectivity index is 1.00. The molecule has 578 valence electrons. The van der Waals surface area contributed by atoms with Gasteiger partial charge in [0.15, 0.2) is 0 Å². The van der Waals surface area contributed by atoms with Gasteiger partial charge in [-0.2, -0.15) is 10.5 Å². The first-order valence-electron chi connectivity index (χ1n) is 41.8. The van der Waals surface area contributed by atoms with Crippen molar-refractivity contribution in [3.63, 3.8) is 0 Å². The minimum atomic E-state index is -0.442. The van der Waals surface area contributed by atoms with Gasteiger partial charge in [-0.1, -0.05) is 230 Å². The van der Waals surface area contributed by atoms with E-state index in [4.69, 9.17) is 0 Å². The van der Waals surface area contributed by atoms with E-state index >= 15 is 0 Å². The van der Waals surface area contributed by atoms with Crippen molar-refractivity contribution in [2.24, 2.45) is 0 Å². The molecule has 13 aromatic carbocycles. The lowest BCUT2D eigenvalue weighted by molar-refractivity contribution is 0.590. The third kappa shape index (κ3) is 11.8. The second-order valence-electron chi connectivity index (χ2n) is 40.7. The maximum absolute atomic E-state index is 11.9. The second-order valence-corrected chi connectivity index (χ2v) is 40.7. The van der Waals surface area contributed by atoms with Crippen LogP contribution in [0.1, 0.15) is 195 Å². The van der Waals surface area contributed by atoms with Crippen LogP contribution >= 0.6 is 0 Å². The van der Waals surface area contributed by atoms with Crippen LogP contribution in [0.2, 0.25) is 0 Å². The Hall–Kier alpha value is -12.3. The fraction of sp³-hybridized carbons (Fsp3) is 0.259. The van der Waals surface area contributed by atoms with E-state index in [1.165, 1.54) is 54.9 Å². The van der Waals surface area contributed by atoms with Crippen LogP contribution in [0.25, 0.3) is 110 Å². The van der Waals surface area contributed by atoms with Crippen LogP contribution in [0.4, 0.5) is 34.1 Å². The highest BCUT2D eigenvalue weighted by Gasteiger charge is 2.46. The van der Waals surface area contributed by atoms with Crippen LogP contribution in [-0.2, 0) is 37.9 Å². The van der Waals surface area contributed by atoms with Crippen LogP contribution < -0.4 is 26.2 Å². The SMILES string of the molecule is CC(C)(C)c1cc2c3c(c1)N(c1cc(C#N)cc4c5cc(C(C)(C)C)ccc5n(-c5ccccc5)c14)c1cc(-n4c5ccc(C(C)(C)C)cc5c5cc(C(C)(C)C)ccc54)ccc1B3c1ccc(-n3c4ccc(C(C)(C)C)cc4c4cc(C(C)(C)C)ccc43)cc1N2c1cc(C#N)cc2c3cc(C(C)(C)C)ccc3n(-c3ccccc3)c12. The van der Waals surface area contributed by atoms with E-state index in [2.05, 4.69) is 428 Å². The molecule has 6 heterocycles. The van der Waals surface area contributed by atoms with Crippen molar-refractivity contribution >= 4 is 144 Å². The largest absolute Gasteiger partial charge is 0.309 e. The van der Waals surface area contributed by atoms with Gasteiger partial charge in [-0.15, -0.1) is 0 Å². The number of benzene rings is 13. The summed E-state index contributed by atoms with van der Waals surface area (Å²) in [6.07, 6.45) is 0. The number of para-hydroxylation sites is 2. The average molecular weight is 1520 g/mol. The Bertz CT molecular complexity index is 6620. The molecule has 0 amide bonds. The van der Waals surface area contributed by atoms with Gasteiger partial charge in [-0.3, -0.25) is 0 Å². The molecule has 0 fully saturated rings. The van der Waals surface area contributed by atoms with Crippen LogP contribution in [-0.4, -0.2) is 25.0 Å². The molecule has 0 saturated heterocycles. The number of hydrogen-bond acceptors (Lipinski definition) is 4. The van der Waals surface area contributed by atoms with E-state index in [1.54, 1.807) is 0 Å². The normalized spacial score (nSPS) is 13.6. The number of aromatic nitrogens is 4. The van der Waals surface area contributed by atoms with Gasteiger partial charge in [0.25, 0.3) is 6.71 Å². The third-order valence-electron chi connectivity index (χ3n) is 25.6. The molecular weight excluding hydrogens is 1420 g/mol. The van der Waals surface area contributed by atoms with Crippen LogP contribution in [0.3, 0.4) is 0 Å². The maximum atomic E-state index is 11.9. The number of fused-ring (bicyclic) bond motifs is 16. The van der Waals surface area contributed by atoms with Crippen LogP contribution in [0, 0.1) is 22.7 Å². The van der Waals surface area contributed by atoms with E-state index in [-0.39, 0.29) is 39.2 Å². The van der Waals surface area contributed by atoms with Gasteiger partial charge >= 0.3 is 0 Å². The average Bonchev–Trinajstić information content (AvgIpc) is 1.59. The van der Waals surface area contributed by atoms with Crippen LogP contribution in [0.5, 0.6) is 0 Å². The molecule has 2 aliphatic heterocycles. The van der Waals surface area contributed by atoms with Crippen molar-refractivity contribution in [3.05, 3.63) is 293 Å². The minimum absolute atomic E-state index is 0.0993. The molecular formula is C108H103BN8. The summed E-state index contributed by atoms with van der Waals surface area (Å²) in [5.41, 5.74) is 30.5. The highest BCUT2D eigenvalue weighted by molar-refractivity contribution is 7.00. The van der Waals surface area contributed by atoms with Gasteiger partial charge in [0.05, 0.1) is 78.8 Å². The predicted molar refractivity (Wildman–Crippen MR) is 498 cm³/mol. The Morgan fingerprint density at radius 2 is 0.504 bits per heavy atom. The molecule has 19 rings (SSSR count). The van der Waals surface area contributed by atoms with Crippen molar-refractivity contribution in [1.82, 2.24) is 18.3 Å².